The lowest BCUT2D eigenvalue weighted by atomic mass is 10.1. The number of amides is 2. The molecule has 2 aliphatic rings. The molecule has 3 rings (SSSR count). The van der Waals surface area contributed by atoms with Crippen LogP contribution in [-0.2, 0) is 20.7 Å². The van der Waals surface area contributed by atoms with Crippen molar-refractivity contribution >= 4 is 17.5 Å². The van der Waals surface area contributed by atoms with Gasteiger partial charge in [0.15, 0.2) is 0 Å². The van der Waals surface area contributed by atoms with Gasteiger partial charge in [0.25, 0.3) is 0 Å². The fourth-order valence-electron chi connectivity index (χ4n) is 3.57. The molecule has 29 heavy (non-hydrogen) atoms. The van der Waals surface area contributed by atoms with Crippen molar-refractivity contribution in [2.24, 2.45) is 0 Å². The maximum atomic E-state index is 11.9. The summed E-state index contributed by atoms with van der Waals surface area (Å²) in [5.74, 6) is -1.13. The highest BCUT2D eigenvalue weighted by Gasteiger charge is 2.15. The normalized spacial score (nSPS) is 18.4. The molecule has 0 radical (unpaired) electrons. The fraction of sp³-hybridized carbons (Fsp3) is 0.619. The van der Waals surface area contributed by atoms with Gasteiger partial charge in [0.05, 0.1) is 13.2 Å². The number of benzene rings is 1. The van der Waals surface area contributed by atoms with Crippen molar-refractivity contribution in [1.29, 1.82) is 0 Å². The molecule has 2 amide bonds. The number of morpholine rings is 1. The van der Waals surface area contributed by atoms with Crippen LogP contribution in [0.5, 0.6) is 0 Å². The van der Waals surface area contributed by atoms with Crippen molar-refractivity contribution in [3.63, 3.8) is 0 Å². The van der Waals surface area contributed by atoms with Crippen molar-refractivity contribution in [1.82, 2.24) is 20.4 Å². The van der Waals surface area contributed by atoms with Crippen LogP contribution in [0.3, 0.4) is 0 Å². The van der Waals surface area contributed by atoms with E-state index in [1.807, 2.05) is 0 Å². The van der Waals surface area contributed by atoms with E-state index in [0.717, 1.165) is 64.6 Å². The van der Waals surface area contributed by atoms with Gasteiger partial charge in [0, 0.05) is 64.6 Å². The van der Waals surface area contributed by atoms with Crippen LogP contribution in [0.1, 0.15) is 5.56 Å². The number of ether oxygens (including phenoxy) is 1. The van der Waals surface area contributed by atoms with E-state index in [1.54, 1.807) is 0 Å². The molecule has 8 heteroatoms. The van der Waals surface area contributed by atoms with Gasteiger partial charge in [-0.3, -0.25) is 14.5 Å². The lowest BCUT2D eigenvalue weighted by molar-refractivity contribution is -0.139. The first kappa shape index (κ1) is 21.5. The Balaban J connectivity index is 1.31. The summed E-state index contributed by atoms with van der Waals surface area (Å²) in [5, 5.41) is 5.38. The molecule has 1 aromatic carbocycles. The first-order chi connectivity index (χ1) is 14.1. The van der Waals surface area contributed by atoms with Crippen molar-refractivity contribution in [3.8, 4) is 0 Å². The standard InChI is InChI=1S/C21H33N5O3/c1-24-10-12-26(13-11-24)19-4-2-18(3-5-19)6-7-22-20(27)21(28)23-8-9-25-14-16-29-17-15-25/h2-5H,6-17H2,1H3,(H,22,27)(H,23,28). The highest BCUT2D eigenvalue weighted by Crippen LogP contribution is 2.17. The number of nitrogens with one attached hydrogen (secondary N) is 2. The van der Waals surface area contributed by atoms with Gasteiger partial charge in [-0.05, 0) is 31.2 Å². The molecule has 0 aromatic heterocycles. The number of anilines is 1. The predicted octanol–water partition coefficient (Wildman–Crippen LogP) is -0.454. The van der Waals surface area contributed by atoms with E-state index in [2.05, 4.69) is 56.6 Å². The van der Waals surface area contributed by atoms with Gasteiger partial charge in [-0.25, -0.2) is 0 Å². The second-order valence-corrected chi connectivity index (χ2v) is 7.67. The molecular formula is C21H33N5O3. The second kappa shape index (κ2) is 11.1. The third-order valence-corrected chi connectivity index (χ3v) is 5.53. The topological polar surface area (TPSA) is 77.1 Å². The summed E-state index contributed by atoms with van der Waals surface area (Å²) in [6, 6.07) is 8.48. The summed E-state index contributed by atoms with van der Waals surface area (Å²) in [6.45, 7) is 9.12. The van der Waals surface area contributed by atoms with Crippen LogP contribution in [0.4, 0.5) is 5.69 Å². The number of rotatable bonds is 7. The van der Waals surface area contributed by atoms with Gasteiger partial charge < -0.3 is 25.2 Å². The van der Waals surface area contributed by atoms with E-state index < -0.39 is 11.8 Å². The lowest BCUT2D eigenvalue weighted by Crippen LogP contribution is -2.45. The van der Waals surface area contributed by atoms with E-state index in [1.165, 1.54) is 5.69 Å². The molecule has 8 nitrogen and oxygen atoms in total. The number of carbonyl (C=O) groups excluding carboxylic acids is 2. The number of likely N-dealkylation sites (N-methyl/N-ethyl adjacent to an activating group) is 1. The average molecular weight is 404 g/mol. The van der Waals surface area contributed by atoms with Crippen molar-refractivity contribution in [2.45, 2.75) is 6.42 Å². The van der Waals surface area contributed by atoms with Crippen LogP contribution < -0.4 is 15.5 Å². The molecule has 0 unspecified atom stereocenters. The summed E-state index contributed by atoms with van der Waals surface area (Å²) in [4.78, 5) is 30.8. The summed E-state index contributed by atoms with van der Waals surface area (Å²) in [7, 11) is 2.15. The number of carbonyl (C=O) groups is 2. The largest absolute Gasteiger partial charge is 0.379 e. The molecule has 2 N–H and O–H groups in total. The molecule has 160 valence electrons. The Morgan fingerprint density at radius 1 is 0.897 bits per heavy atom. The second-order valence-electron chi connectivity index (χ2n) is 7.67. The van der Waals surface area contributed by atoms with Crippen LogP contribution >= 0.6 is 0 Å². The quantitative estimate of drug-likeness (QED) is 0.601. The molecule has 0 bridgehead atoms. The molecule has 1 aromatic rings. The van der Waals surface area contributed by atoms with Crippen molar-refractivity contribution in [3.05, 3.63) is 29.8 Å². The number of piperazine rings is 1. The monoisotopic (exact) mass is 403 g/mol. The summed E-state index contributed by atoms with van der Waals surface area (Å²) < 4.78 is 5.29. The fourth-order valence-corrected chi connectivity index (χ4v) is 3.57. The lowest BCUT2D eigenvalue weighted by Gasteiger charge is -2.34. The Labute approximate surface area is 173 Å². The van der Waals surface area contributed by atoms with Gasteiger partial charge >= 0.3 is 11.8 Å². The van der Waals surface area contributed by atoms with Gasteiger partial charge in [0.2, 0.25) is 0 Å². The molecule has 0 saturated carbocycles. The minimum Gasteiger partial charge on any atom is -0.379 e. The third kappa shape index (κ3) is 6.99. The zero-order valence-corrected chi connectivity index (χ0v) is 17.4. The zero-order valence-electron chi connectivity index (χ0n) is 17.4. The smallest absolute Gasteiger partial charge is 0.309 e. The SMILES string of the molecule is CN1CCN(c2ccc(CCNC(=O)C(=O)NCCN3CCOCC3)cc2)CC1. The van der Waals surface area contributed by atoms with Crippen LogP contribution in [0.2, 0.25) is 0 Å². The molecule has 0 spiro atoms. The minimum absolute atomic E-state index is 0.448. The Morgan fingerprint density at radius 2 is 1.52 bits per heavy atom. The highest BCUT2D eigenvalue weighted by atomic mass is 16.5. The van der Waals surface area contributed by atoms with Gasteiger partial charge in [-0.1, -0.05) is 12.1 Å². The summed E-state index contributed by atoms with van der Waals surface area (Å²) in [5.41, 5.74) is 2.39. The maximum Gasteiger partial charge on any atom is 0.309 e. The van der Waals surface area contributed by atoms with Crippen LogP contribution in [-0.4, -0.2) is 101 Å². The highest BCUT2D eigenvalue weighted by molar-refractivity contribution is 6.35. The van der Waals surface area contributed by atoms with Crippen molar-refractivity contribution in [2.75, 3.05) is 84.1 Å². The van der Waals surface area contributed by atoms with Gasteiger partial charge in [-0.2, -0.15) is 0 Å². The van der Waals surface area contributed by atoms with E-state index in [9.17, 15) is 9.59 Å². The minimum atomic E-state index is -0.568. The molecule has 2 saturated heterocycles. The molecule has 2 aliphatic heterocycles. The van der Waals surface area contributed by atoms with Gasteiger partial charge in [0.1, 0.15) is 0 Å². The van der Waals surface area contributed by atoms with Gasteiger partial charge in [-0.15, -0.1) is 0 Å². The number of hydrogen-bond acceptors (Lipinski definition) is 6. The van der Waals surface area contributed by atoms with E-state index in [-0.39, 0.29) is 0 Å². The molecule has 0 atom stereocenters. The third-order valence-electron chi connectivity index (χ3n) is 5.53. The first-order valence-electron chi connectivity index (χ1n) is 10.5. The van der Waals surface area contributed by atoms with E-state index in [4.69, 9.17) is 4.74 Å². The van der Waals surface area contributed by atoms with Crippen molar-refractivity contribution < 1.29 is 14.3 Å². The molecular weight excluding hydrogens is 370 g/mol. The molecule has 2 heterocycles. The van der Waals surface area contributed by atoms with Crippen LogP contribution in [0, 0.1) is 0 Å². The average Bonchev–Trinajstić information content (AvgIpc) is 2.75. The number of nitrogens with zero attached hydrogens (tertiary/aromatic N) is 3. The Kier molecular flexibility index (Phi) is 8.27. The van der Waals surface area contributed by atoms with Crippen LogP contribution in [0.25, 0.3) is 0 Å². The van der Waals surface area contributed by atoms with E-state index in [0.29, 0.717) is 19.5 Å². The summed E-state index contributed by atoms with van der Waals surface area (Å²) in [6.07, 6.45) is 0.704. The Morgan fingerprint density at radius 3 is 2.17 bits per heavy atom. The number of hydrogen-bond donors (Lipinski definition) is 2. The zero-order chi connectivity index (χ0) is 20.5. The Hall–Kier alpha value is -2.16. The maximum absolute atomic E-state index is 11.9. The molecule has 2 fully saturated rings. The molecule has 0 aliphatic carbocycles. The first-order valence-corrected chi connectivity index (χ1v) is 10.5. The van der Waals surface area contributed by atoms with E-state index >= 15 is 0 Å². The Bertz CT molecular complexity index is 653. The predicted molar refractivity (Wildman–Crippen MR) is 113 cm³/mol. The summed E-state index contributed by atoms with van der Waals surface area (Å²) >= 11 is 0. The van der Waals surface area contributed by atoms with Crippen LogP contribution in [0.15, 0.2) is 24.3 Å².